The van der Waals surface area contributed by atoms with Crippen molar-refractivity contribution in [3.05, 3.63) is 47.4 Å². The minimum absolute atomic E-state index is 0.0851. The molecular formula is C16H15NO5S. The molecular weight excluding hydrogens is 318 g/mol. The first-order valence-corrected chi connectivity index (χ1v) is 7.85. The SMILES string of the molecule is COc1ccc(-c2nc(COC(=O)C3=COCCO3)cs2)cc1. The third-order valence-corrected chi connectivity index (χ3v) is 4.03. The maximum Gasteiger partial charge on any atom is 0.377 e. The third-order valence-electron chi connectivity index (χ3n) is 3.09. The van der Waals surface area contributed by atoms with Gasteiger partial charge in [-0.2, -0.15) is 0 Å². The number of thiazole rings is 1. The molecule has 1 aliphatic rings. The van der Waals surface area contributed by atoms with E-state index in [1.54, 1.807) is 7.11 Å². The van der Waals surface area contributed by atoms with Crippen molar-refractivity contribution in [1.29, 1.82) is 0 Å². The molecule has 1 aromatic carbocycles. The number of benzene rings is 1. The van der Waals surface area contributed by atoms with Crippen LogP contribution >= 0.6 is 11.3 Å². The molecule has 0 N–H and O–H groups in total. The van der Waals surface area contributed by atoms with Gasteiger partial charge in [0.05, 0.1) is 12.8 Å². The smallest absolute Gasteiger partial charge is 0.377 e. The summed E-state index contributed by atoms with van der Waals surface area (Å²) < 4.78 is 20.5. The average Bonchev–Trinajstić information content (AvgIpc) is 3.09. The molecule has 0 saturated carbocycles. The summed E-state index contributed by atoms with van der Waals surface area (Å²) in [5.74, 6) is 0.327. The Bertz CT molecular complexity index is 708. The van der Waals surface area contributed by atoms with Gasteiger partial charge in [-0.3, -0.25) is 0 Å². The van der Waals surface area contributed by atoms with E-state index in [4.69, 9.17) is 18.9 Å². The molecule has 0 unspecified atom stereocenters. The van der Waals surface area contributed by atoms with Crippen molar-refractivity contribution >= 4 is 17.3 Å². The Balaban J connectivity index is 1.60. The zero-order valence-electron chi connectivity index (χ0n) is 12.5. The first-order chi connectivity index (χ1) is 11.3. The quantitative estimate of drug-likeness (QED) is 0.784. The second-order valence-electron chi connectivity index (χ2n) is 4.65. The maximum atomic E-state index is 11.8. The highest BCUT2D eigenvalue weighted by Gasteiger charge is 2.17. The number of nitrogens with zero attached hydrogens (tertiary/aromatic N) is 1. The minimum Gasteiger partial charge on any atom is -0.497 e. The van der Waals surface area contributed by atoms with E-state index in [0.29, 0.717) is 18.9 Å². The molecule has 7 heteroatoms. The lowest BCUT2D eigenvalue weighted by molar-refractivity contribution is -0.146. The summed E-state index contributed by atoms with van der Waals surface area (Å²) in [4.78, 5) is 16.2. The second-order valence-corrected chi connectivity index (χ2v) is 5.51. The molecule has 2 heterocycles. The molecule has 0 saturated heterocycles. The van der Waals surface area contributed by atoms with E-state index in [1.807, 2.05) is 29.6 Å². The minimum atomic E-state index is -0.552. The predicted octanol–water partition coefficient (Wildman–Crippen LogP) is 2.75. The second kappa shape index (κ2) is 7.15. The highest BCUT2D eigenvalue weighted by atomic mass is 32.1. The fourth-order valence-electron chi connectivity index (χ4n) is 1.93. The molecule has 0 aliphatic carbocycles. The van der Waals surface area contributed by atoms with Crippen LogP contribution in [0.5, 0.6) is 5.75 Å². The molecule has 120 valence electrons. The van der Waals surface area contributed by atoms with Crippen LogP contribution in [0.15, 0.2) is 41.7 Å². The van der Waals surface area contributed by atoms with Crippen LogP contribution in [0, 0.1) is 0 Å². The molecule has 0 spiro atoms. The maximum absolute atomic E-state index is 11.8. The van der Waals surface area contributed by atoms with Gasteiger partial charge in [-0.25, -0.2) is 9.78 Å². The van der Waals surface area contributed by atoms with Gasteiger partial charge in [0.25, 0.3) is 0 Å². The number of hydrogen-bond donors (Lipinski definition) is 0. The van der Waals surface area contributed by atoms with Gasteiger partial charge in [0.1, 0.15) is 36.8 Å². The summed E-state index contributed by atoms with van der Waals surface area (Å²) in [6, 6.07) is 7.63. The van der Waals surface area contributed by atoms with Crippen LogP contribution in [-0.4, -0.2) is 31.3 Å². The normalized spacial score (nSPS) is 13.5. The summed E-state index contributed by atoms with van der Waals surface area (Å²) in [7, 11) is 1.63. The molecule has 1 aromatic heterocycles. The Morgan fingerprint density at radius 3 is 2.83 bits per heavy atom. The van der Waals surface area contributed by atoms with Crippen LogP contribution in [0.2, 0.25) is 0 Å². The highest BCUT2D eigenvalue weighted by Crippen LogP contribution is 2.26. The number of rotatable bonds is 5. The summed E-state index contributed by atoms with van der Waals surface area (Å²) in [6.07, 6.45) is 1.27. The fraction of sp³-hybridized carbons (Fsp3) is 0.250. The summed E-state index contributed by atoms with van der Waals surface area (Å²) in [5, 5.41) is 2.72. The summed E-state index contributed by atoms with van der Waals surface area (Å²) >= 11 is 1.49. The van der Waals surface area contributed by atoms with E-state index in [-0.39, 0.29) is 12.4 Å². The Hall–Kier alpha value is -2.54. The van der Waals surface area contributed by atoms with E-state index in [2.05, 4.69) is 4.98 Å². The number of carbonyl (C=O) groups is 1. The number of methoxy groups -OCH3 is 1. The van der Waals surface area contributed by atoms with Crippen LogP contribution in [-0.2, 0) is 25.6 Å². The van der Waals surface area contributed by atoms with Gasteiger partial charge in [-0.05, 0) is 24.3 Å². The summed E-state index contributed by atoms with van der Waals surface area (Å²) in [6.45, 7) is 0.875. The van der Waals surface area contributed by atoms with E-state index < -0.39 is 5.97 Å². The first kappa shape index (κ1) is 15.4. The Morgan fingerprint density at radius 2 is 2.13 bits per heavy atom. The van der Waals surface area contributed by atoms with E-state index in [9.17, 15) is 4.79 Å². The molecule has 0 bridgehead atoms. The van der Waals surface area contributed by atoms with Crippen molar-refractivity contribution in [3.63, 3.8) is 0 Å². The molecule has 0 radical (unpaired) electrons. The summed E-state index contributed by atoms with van der Waals surface area (Å²) in [5.41, 5.74) is 1.67. The van der Waals surface area contributed by atoms with E-state index in [1.165, 1.54) is 17.6 Å². The van der Waals surface area contributed by atoms with Crippen molar-refractivity contribution in [3.8, 4) is 16.3 Å². The zero-order chi connectivity index (χ0) is 16.1. The molecule has 1 aliphatic heterocycles. The number of carbonyl (C=O) groups excluding carboxylic acids is 1. The van der Waals surface area contributed by atoms with Gasteiger partial charge >= 0.3 is 5.97 Å². The van der Waals surface area contributed by atoms with Crippen LogP contribution in [0.1, 0.15) is 5.69 Å². The zero-order valence-corrected chi connectivity index (χ0v) is 13.3. The highest BCUT2D eigenvalue weighted by molar-refractivity contribution is 7.13. The number of esters is 1. The lowest BCUT2D eigenvalue weighted by atomic mass is 10.2. The van der Waals surface area contributed by atoms with Crippen molar-refractivity contribution in [2.75, 3.05) is 20.3 Å². The van der Waals surface area contributed by atoms with E-state index in [0.717, 1.165) is 16.3 Å². The lowest BCUT2D eigenvalue weighted by Crippen LogP contribution is -2.17. The van der Waals surface area contributed by atoms with Crippen molar-refractivity contribution < 1.29 is 23.7 Å². The number of ether oxygens (including phenoxy) is 4. The molecule has 0 amide bonds. The molecule has 3 rings (SSSR count). The van der Waals surface area contributed by atoms with Gasteiger partial charge < -0.3 is 18.9 Å². The topological polar surface area (TPSA) is 66.9 Å². The van der Waals surface area contributed by atoms with Crippen LogP contribution in [0.3, 0.4) is 0 Å². The largest absolute Gasteiger partial charge is 0.497 e. The Morgan fingerprint density at radius 1 is 1.30 bits per heavy atom. The van der Waals surface area contributed by atoms with E-state index >= 15 is 0 Å². The van der Waals surface area contributed by atoms with Gasteiger partial charge in [0.15, 0.2) is 0 Å². The molecule has 23 heavy (non-hydrogen) atoms. The molecule has 0 fully saturated rings. The average molecular weight is 333 g/mol. The van der Waals surface area contributed by atoms with Gasteiger partial charge in [0.2, 0.25) is 5.76 Å². The van der Waals surface area contributed by atoms with Crippen LogP contribution in [0.25, 0.3) is 10.6 Å². The van der Waals surface area contributed by atoms with Crippen molar-refractivity contribution in [2.45, 2.75) is 6.61 Å². The molecule has 2 aromatic rings. The standard InChI is InChI=1S/C16H15NO5S/c1-19-13-4-2-11(3-5-13)15-17-12(10-23-15)8-22-16(18)14-9-20-6-7-21-14/h2-5,9-10H,6-8H2,1H3. The third kappa shape index (κ3) is 3.81. The van der Waals surface area contributed by atoms with Crippen molar-refractivity contribution in [1.82, 2.24) is 4.98 Å². The number of aromatic nitrogens is 1. The number of hydrogen-bond acceptors (Lipinski definition) is 7. The van der Waals surface area contributed by atoms with Crippen LogP contribution in [0.4, 0.5) is 0 Å². The predicted molar refractivity (Wildman–Crippen MR) is 83.9 cm³/mol. The van der Waals surface area contributed by atoms with Gasteiger partial charge in [-0.1, -0.05) is 0 Å². The fourth-order valence-corrected chi connectivity index (χ4v) is 2.74. The van der Waals surface area contributed by atoms with Gasteiger partial charge in [-0.15, -0.1) is 11.3 Å². The van der Waals surface area contributed by atoms with Crippen LogP contribution < -0.4 is 4.74 Å². The Kier molecular flexibility index (Phi) is 4.77. The van der Waals surface area contributed by atoms with Gasteiger partial charge in [0, 0.05) is 10.9 Å². The van der Waals surface area contributed by atoms with Crippen molar-refractivity contribution in [2.24, 2.45) is 0 Å². The molecule has 0 atom stereocenters. The monoisotopic (exact) mass is 333 g/mol. The Labute approximate surface area is 137 Å². The first-order valence-electron chi connectivity index (χ1n) is 6.97. The lowest BCUT2D eigenvalue weighted by Gasteiger charge is -2.13. The molecule has 6 nitrogen and oxygen atoms in total.